The maximum Gasteiger partial charge on any atom is 0.470 e. The lowest BCUT2D eigenvalue weighted by molar-refractivity contribution is 0.193. The second-order valence-corrected chi connectivity index (χ2v) is 15.8. The lowest BCUT2D eigenvalue weighted by Gasteiger charge is -2.28. The van der Waals surface area contributed by atoms with E-state index in [4.69, 9.17) is 22.4 Å². The summed E-state index contributed by atoms with van der Waals surface area (Å²) in [6, 6.07) is 16.5. The fourth-order valence-electron chi connectivity index (χ4n) is 5.85. The molecule has 2 aromatic rings. The number of hydrogen-bond acceptors (Lipinski definition) is 5. The molecular weight excluding hydrogens is 610 g/mol. The molecule has 6 rings (SSSR count). The van der Waals surface area contributed by atoms with Crippen LogP contribution in [0, 0.1) is 0 Å². The minimum Gasteiger partial charge on any atom is -0.418 e. The van der Waals surface area contributed by atoms with Crippen LogP contribution in [0.1, 0.15) is 167 Å². The molecule has 4 aliphatic rings. The lowest BCUT2D eigenvalue weighted by atomic mass is 9.78. The largest absolute Gasteiger partial charge is 0.470 e. The molecule has 4 heterocycles. The average molecular weight is 675 g/mol. The summed E-state index contributed by atoms with van der Waals surface area (Å²) in [5.74, 6) is 1.44. The molecule has 4 bridgehead atoms. The highest BCUT2D eigenvalue weighted by Crippen LogP contribution is 2.56. The molecule has 46 heavy (non-hydrogen) atoms. The van der Waals surface area contributed by atoms with E-state index >= 15 is 0 Å². The van der Waals surface area contributed by atoms with Crippen LogP contribution in [0.2, 0.25) is 0 Å². The van der Waals surface area contributed by atoms with Crippen molar-refractivity contribution in [3.63, 3.8) is 0 Å². The molecule has 260 valence electrons. The molecule has 4 aliphatic heterocycles. The summed E-state index contributed by atoms with van der Waals surface area (Å²) in [6.45, 7) is 10.3. The highest BCUT2D eigenvalue weighted by molar-refractivity contribution is 7.56. The zero-order chi connectivity index (χ0) is 32.7. The van der Waals surface area contributed by atoms with E-state index in [0.29, 0.717) is 13.2 Å². The van der Waals surface area contributed by atoms with E-state index in [1.54, 1.807) is 0 Å². The quantitative estimate of drug-likeness (QED) is 0.0734. The van der Waals surface area contributed by atoms with Crippen LogP contribution in [0.5, 0.6) is 11.5 Å². The van der Waals surface area contributed by atoms with Crippen molar-refractivity contribution in [2.24, 2.45) is 0 Å². The second kappa shape index (κ2) is 24.0. The Morgan fingerprint density at radius 2 is 0.826 bits per heavy atom. The summed E-state index contributed by atoms with van der Waals surface area (Å²) < 4.78 is 31.4. The Bertz CT molecular complexity index is 937. The molecule has 0 fully saturated rings. The molecule has 0 aliphatic carbocycles. The molecule has 0 saturated carbocycles. The number of benzene rings is 2. The molecule has 0 radical (unpaired) electrons. The maximum atomic E-state index is 6.37. The van der Waals surface area contributed by atoms with E-state index in [1.807, 2.05) is 24.3 Å². The van der Waals surface area contributed by atoms with Crippen LogP contribution in [0.4, 0.5) is 0 Å². The van der Waals surface area contributed by atoms with Crippen molar-refractivity contribution >= 4 is 17.2 Å². The summed E-state index contributed by atoms with van der Waals surface area (Å²) in [5, 5.41) is 0. The molecular formula is C39H64O5P2. The van der Waals surface area contributed by atoms with Gasteiger partial charge in [-0.1, -0.05) is 168 Å². The van der Waals surface area contributed by atoms with Crippen molar-refractivity contribution in [1.82, 2.24) is 0 Å². The first kappa shape index (κ1) is 39.2. The SMILES string of the molecule is CCCCCCCCCCCCOP(OCCCCCCCCCCCC)OP1Oc2ccc(cc2)C(C)(C)c2ccc(cc2)O1. The Labute approximate surface area is 284 Å². The molecule has 0 unspecified atom stereocenters. The molecule has 0 spiro atoms. The number of unbranched alkanes of at least 4 members (excludes halogenated alkanes) is 18. The van der Waals surface area contributed by atoms with Gasteiger partial charge in [0.1, 0.15) is 11.5 Å². The van der Waals surface area contributed by atoms with E-state index in [1.165, 1.54) is 127 Å². The Balaban J connectivity index is 1.48. The summed E-state index contributed by atoms with van der Waals surface area (Å²) >= 11 is 0. The first-order valence-electron chi connectivity index (χ1n) is 18.6. The van der Waals surface area contributed by atoms with Gasteiger partial charge in [0.2, 0.25) is 0 Å². The molecule has 0 amide bonds. The van der Waals surface area contributed by atoms with Crippen molar-refractivity contribution in [3.05, 3.63) is 59.7 Å². The zero-order valence-corrected chi connectivity index (χ0v) is 31.4. The smallest absolute Gasteiger partial charge is 0.418 e. The van der Waals surface area contributed by atoms with Gasteiger partial charge in [0.15, 0.2) is 0 Å². The minimum absolute atomic E-state index is 0.114. The topological polar surface area (TPSA) is 46.2 Å². The molecule has 5 nitrogen and oxygen atoms in total. The molecule has 2 aromatic carbocycles. The normalized spacial score (nSPS) is 14.3. The molecule has 0 N–H and O–H groups in total. The fourth-order valence-corrected chi connectivity index (χ4v) is 8.19. The summed E-state index contributed by atoms with van der Waals surface area (Å²) in [6.07, 6.45) is 25.9. The van der Waals surface area contributed by atoms with Gasteiger partial charge >= 0.3 is 17.2 Å². The summed E-state index contributed by atoms with van der Waals surface area (Å²) in [5.41, 5.74) is 2.36. The summed E-state index contributed by atoms with van der Waals surface area (Å²) in [4.78, 5) is 0. The van der Waals surface area contributed by atoms with Crippen molar-refractivity contribution in [1.29, 1.82) is 0 Å². The van der Waals surface area contributed by atoms with Gasteiger partial charge in [0.25, 0.3) is 0 Å². The van der Waals surface area contributed by atoms with Gasteiger partial charge in [-0.3, -0.25) is 0 Å². The van der Waals surface area contributed by atoms with Crippen molar-refractivity contribution in [2.75, 3.05) is 13.2 Å². The fraction of sp³-hybridized carbons (Fsp3) is 0.692. The van der Waals surface area contributed by atoms with Gasteiger partial charge < -0.3 is 18.1 Å². The van der Waals surface area contributed by atoms with Crippen LogP contribution >= 0.6 is 17.2 Å². The zero-order valence-electron chi connectivity index (χ0n) is 29.6. The molecule has 0 aromatic heterocycles. The maximum absolute atomic E-state index is 6.37. The van der Waals surface area contributed by atoms with Crippen LogP contribution in [0.15, 0.2) is 48.5 Å². The van der Waals surface area contributed by atoms with E-state index in [9.17, 15) is 0 Å². The average Bonchev–Trinajstić information content (AvgIpc) is 3.06. The van der Waals surface area contributed by atoms with Gasteiger partial charge in [-0.2, -0.15) is 0 Å². The third-order valence-corrected chi connectivity index (χ3v) is 11.6. The predicted octanol–water partition coefficient (Wildman–Crippen LogP) is 14.1. The van der Waals surface area contributed by atoms with Crippen molar-refractivity contribution in [2.45, 2.75) is 162 Å². The van der Waals surface area contributed by atoms with E-state index in [2.05, 4.69) is 52.0 Å². The van der Waals surface area contributed by atoms with E-state index < -0.39 is 17.2 Å². The van der Waals surface area contributed by atoms with Crippen molar-refractivity contribution in [3.8, 4) is 11.5 Å². The Morgan fingerprint density at radius 3 is 1.17 bits per heavy atom. The molecule has 7 heteroatoms. The monoisotopic (exact) mass is 674 g/mol. The Morgan fingerprint density at radius 1 is 0.500 bits per heavy atom. The Kier molecular flexibility index (Phi) is 20.5. The molecule has 0 saturated heterocycles. The standard InChI is InChI=1S/C39H64O5P2/c1-5-7-9-11-13-15-17-19-21-23-33-40-45(41-34-24-22-20-18-16-14-12-10-8-6-2)44-46-42-37-29-25-35(26-30-37)39(3,4)36-27-31-38(43-46)32-28-36/h25-32H,5-24,33-34H2,1-4H3. The predicted molar refractivity (Wildman–Crippen MR) is 197 cm³/mol. The summed E-state index contributed by atoms with van der Waals surface area (Å²) in [7, 11) is -3.36. The first-order chi connectivity index (χ1) is 22.5. The van der Waals surface area contributed by atoms with Gasteiger partial charge in [-0.05, 0) is 48.2 Å². The first-order valence-corrected chi connectivity index (χ1v) is 20.8. The van der Waals surface area contributed by atoms with Crippen molar-refractivity contribution < 1.29 is 22.4 Å². The third kappa shape index (κ3) is 15.8. The van der Waals surface area contributed by atoms with E-state index in [-0.39, 0.29) is 5.41 Å². The van der Waals surface area contributed by atoms with E-state index in [0.717, 1.165) is 24.3 Å². The van der Waals surface area contributed by atoms with Gasteiger partial charge in [0.05, 0.1) is 13.2 Å². The number of hydrogen-bond donors (Lipinski definition) is 0. The minimum atomic E-state index is -1.77. The highest BCUT2D eigenvalue weighted by Gasteiger charge is 2.29. The van der Waals surface area contributed by atoms with Crippen LogP contribution in [0.25, 0.3) is 0 Å². The van der Waals surface area contributed by atoms with Crippen LogP contribution in [-0.4, -0.2) is 13.2 Å². The van der Waals surface area contributed by atoms with Crippen LogP contribution in [0.3, 0.4) is 0 Å². The van der Waals surface area contributed by atoms with Crippen LogP contribution in [-0.2, 0) is 18.8 Å². The molecule has 0 atom stereocenters. The Hall–Kier alpha value is -1.22. The highest BCUT2D eigenvalue weighted by atomic mass is 31.2. The van der Waals surface area contributed by atoms with Crippen LogP contribution < -0.4 is 9.05 Å². The van der Waals surface area contributed by atoms with Gasteiger partial charge in [0, 0.05) is 5.41 Å². The van der Waals surface area contributed by atoms with Gasteiger partial charge in [-0.15, -0.1) is 0 Å². The third-order valence-electron chi connectivity index (χ3n) is 9.03. The lowest BCUT2D eigenvalue weighted by Crippen LogP contribution is -2.18. The number of rotatable bonds is 26. The second-order valence-electron chi connectivity index (χ2n) is 13.4. The van der Waals surface area contributed by atoms with Gasteiger partial charge in [-0.25, -0.2) is 4.31 Å².